The number of ether oxygens (including phenoxy) is 1. The zero-order chi connectivity index (χ0) is 12.1. The maximum Gasteiger partial charge on any atom is 0.339 e. The van der Waals surface area contributed by atoms with E-state index in [1.165, 1.54) is 13.2 Å². The Morgan fingerprint density at radius 2 is 2.25 bits per heavy atom. The van der Waals surface area contributed by atoms with Gasteiger partial charge in [-0.25, -0.2) is 4.79 Å². The number of aliphatic hydroxyl groups is 1. The lowest BCUT2D eigenvalue weighted by Crippen LogP contribution is -2.13. The molecule has 0 radical (unpaired) electrons. The molecule has 1 aromatic heterocycles. The van der Waals surface area contributed by atoms with Crippen LogP contribution in [-0.4, -0.2) is 18.3 Å². The summed E-state index contributed by atoms with van der Waals surface area (Å²) in [6, 6.07) is 1.31. The lowest BCUT2D eigenvalue weighted by Gasteiger charge is -2.11. The lowest BCUT2D eigenvalue weighted by atomic mass is 10.1. The molecule has 0 fully saturated rings. The van der Waals surface area contributed by atoms with E-state index in [9.17, 15) is 9.90 Å². The van der Waals surface area contributed by atoms with Gasteiger partial charge in [0.05, 0.1) is 19.3 Å². The maximum atomic E-state index is 11.2. The third kappa shape index (κ3) is 3.10. The van der Waals surface area contributed by atoms with Gasteiger partial charge in [-0.15, -0.1) is 0 Å². The Balaban J connectivity index is 2.95. The first kappa shape index (κ1) is 12.8. The topological polar surface area (TPSA) is 59.7 Å². The van der Waals surface area contributed by atoms with E-state index in [2.05, 4.69) is 0 Å². The number of hydrogen-bond acceptors (Lipinski definition) is 4. The maximum absolute atomic E-state index is 11.2. The molecule has 0 amide bonds. The Morgan fingerprint density at radius 3 is 2.81 bits per heavy atom. The number of methoxy groups -OCH3 is 1. The van der Waals surface area contributed by atoms with Crippen molar-refractivity contribution in [1.82, 2.24) is 0 Å². The summed E-state index contributed by atoms with van der Waals surface area (Å²) >= 11 is 0. The van der Waals surface area contributed by atoms with Crippen LogP contribution in [0.1, 0.15) is 31.1 Å². The Labute approximate surface area is 94.9 Å². The molecule has 90 valence electrons. The molecule has 1 aromatic rings. The van der Waals surface area contributed by atoms with Crippen LogP contribution in [0.25, 0.3) is 0 Å². The molecule has 1 heterocycles. The van der Waals surface area contributed by atoms with Crippen molar-refractivity contribution in [2.45, 2.75) is 39.2 Å². The van der Waals surface area contributed by atoms with Crippen molar-refractivity contribution in [1.29, 1.82) is 0 Å². The first-order valence-corrected chi connectivity index (χ1v) is 5.44. The van der Waals surface area contributed by atoms with Crippen LogP contribution in [0, 0.1) is 6.92 Å². The highest BCUT2D eigenvalue weighted by Gasteiger charge is 2.13. The molecule has 0 bridgehead atoms. The smallest absolute Gasteiger partial charge is 0.339 e. The van der Waals surface area contributed by atoms with Crippen LogP contribution in [0.3, 0.4) is 0 Å². The minimum atomic E-state index is -0.473. The van der Waals surface area contributed by atoms with Gasteiger partial charge in [0.25, 0.3) is 0 Å². The molecular weight excluding hydrogens is 208 g/mol. The molecule has 4 nitrogen and oxygen atoms in total. The summed E-state index contributed by atoms with van der Waals surface area (Å²) < 4.78 is 10.1. The molecular formula is C12H18O4. The third-order valence-corrected chi connectivity index (χ3v) is 2.52. The van der Waals surface area contributed by atoms with Gasteiger partial charge in [-0.3, -0.25) is 0 Å². The van der Waals surface area contributed by atoms with Gasteiger partial charge in [0.2, 0.25) is 0 Å². The first-order chi connectivity index (χ1) is 7.58. The minimum absolute atomic E-state index is 0.353. The van der Waals surface area contributed by atoms with Crippen LogP contribution in [0.5, 0.6) is 5.75 Å². The molecule has 1 atom stereocenters. The number of aliphatic hydroxyl groups excluding tert-OH is 1. The van der Waals surface area contributed by atoms with Crippen molar-refractivity contribution in [3.8, 4) is 5.75 Å². The van der Waals surface area contributed by atoms with Crippen molar-refractivity contribution >= 4 is 0 Å². The van der Waals surface area contributed by atoms with Gasteiger partial charge in [-0.05, 0) is 13.3 Å². The standard InChI is InChI=1S/C12H18O4/c1-4-5-9(13)6-11-8(2)10(15-3)7-12(14)16-11/h7,9,13H,4-6H2,1-3H3. The van der Waals surface area contributed by atoms with Crippen LogP contribution in [-0.2, 0) is 6.42 Å². The molecule has 0 aliphatic rings. The van der Waals surface area contributed by atoms with Crippen molar-refractivity contribution in [2.24, 2.45) is 0 Å². The molecule has 0 spiro atoms. The molecule has 0 saturated carbocycles. The summed E-state index contributed by atoms with van der Waals surface area (Å²) in [4.78, 5) is 11.2. The SMILES string of the molecule is CCCC(O)Cc1oc(=O)cc(OC)c1C. The fraction of sp³-hybridized carbons (Fsp3) is 0.583. The van der Waals surface area contributed by atoms with Crippen molar-refractivity contribution in [3.63, 3.8) is 0 Å². The van der Waals surface area contributed by atoms with Crippen LogP contribution in [0.2, 0.25) is 0 Å². The van der Waals surface area contributed by atoms with Crippen LogP contribution in [0.15, 0.2) is 15.3 Å². The molecule has 0 aliphatic carbocycles. The van der Waals surface area contributed by atoms with E-state index < -0.39 is 11.7 Å². The third-order valence-electron chi connectivity index (χ3n) is 2.52. The Kier molecular flexibility index (Phi) is 4.55. The van der Waals surface area contributed by atoms with Gasteiger partial charge < -0.3 is 14.3 Å². The van der Waals surface area contributed by atoms with Crippen LogP contribution >= 0.6 is 0 Å². The van der Waals surface area contributed by atoms with Gasteiger partial charge >= 0.3 is 5.63 Å². The minimum Gasteiger partial charge on any atom is -0.496 e. The Hall–Kier alpha value is -1.29. The highest BCUT2D eigenvalue weighted by atomic mass is 16.5. The second kappa shape index (κ2) is 5.70. The van der Waals surface area contributed by atoms with Crippen LogP contribution in [0.4, 0.5) is 0 Å². The molecule has 0 aliphatic heterocycles. The van der Waals surface area contributed by atoms with Crippen molar-refractivity contribution < 1.29 is 14.3 Å². The van der Waals surface area contributed by atoms with E-state index in [0.717, 1.165) is 12.0 Å². The van der Waals surface area contributed by atoms with Gasteiger partial charge in [-0.1, -0.05) is 13.3 Å². The van der Waals surface area contributed by atoms with E-state index in [1.54, 1.807) is 0 Å². The number of rotatable bonds is 5. The van der Waals surface area contributed by atoms with Gasteiger partial charge in [0.1, 0.15) is 11.5 Å². The zero-order valence-electron chi connectivity index (χ0n) is 9.95. The monoisotopic (exact) mass is 226 g/mol. The summed E-state index contributed by atoms with van der Waals surface area (Å²) in [6.07, 6.45) is 1.47. The summed E-state index contributed by atoms with van der Waals surface area (Å²) in [5, 5.41) is 9.68. The largest absolute Gasteiger partial charge is 0.496 e. The normalized spacial score (nSPS) is 12.5. The molecule has 0 aromatic carbocycles. The van der Waals surface area contributed by atoms with E-state index in [4.69, 9.17) is 9.15 Å². The predicted molar refractivity (Wildman–Crippen MR) is 60.9 cm³/mol. The second-order valence-electron chi connectivity index (χ2n) is 3.83. The quantitative estimate of drug-likeness (QED) is 0.829. The van der Waals surface area contributed by atoms with Crippen LogP contribution < -0.4 is 10.4 Å². The zero-order valence-corrected chi connectivity index (χ0v) is 9.95. The van der Waals surface area contributed by atoms with E-state index >= 15 is 0 Å². The first-order valence-electron chi connectivity index (χ1n) is 5.44. The second-order valence-corrected chi connectivity index (χ2v) is 3.83. The van der Waals surface area contributed by atoms with Gasteiger partial charge in [-0.2, -0.15) is 0 Å². The van der Waals surface area contributed by atoms with Crippen molar-refractivity contribution in [2.75, 3.05) is 7.11 Å². The molecule has 1 N–H and O–H groups in total. The van der Waals surface area contributed by atoms with Crippen molar-refractivity contribution in [3.05, 3.63) is 27.8 Å². The molecule has 1 rings (SSSR count). The summed E-state index contributed by atoms with van der Waals surface area (Å²) in [5.74, 6) is 1.01. The van der Waals surface area contributed by atoms with Gasteiger partial charge in [0.15, 0.2) is 0 Å². The predicted octanol–water partition coefficient (Wildman–Crippen LogP) is 1.66. The lowest BCUT2D eigenvalue weighted by molar-refractivity contribution is 0.154. The summed E-state index contributed by atoms with van der Waals surface area (Å²) in [6.45, 7) is 3.81. The number of hydrogen-bond donors (Lipinski definition) is 1. The van der Waals surface area contributed by atoms with E-state index in [0.29, 0.717) is 24.4 Å². The fourth-order valence-corrected chi connectivity index (χ4v) is 1.64. The van der Waals surface area contributed by atoms with E-state index in [-0.39, 0.29) is 0 Å². The summed E-state index contributed by atoms with van der Waals surface area (Å²) in [7, 11) is 1.51. The van der Waals surface area contributed by atoms with Gasteiger partial charge in [0, 0.05) is 12.0 Å². The van der Waals surface area contributed by atoms with E-state index in [1.807, 2.05) is 13.8 Å². The highest BCUT2D eigenvalue weighted by molar-refractivity contribution is 5.32. The molecule has 16 heavy (non-hydrogen) atoms. The summed E-state index contributed by atoms with van der Waals surface area (Å²) in [5.41, 5.74) is 0.332. The highest BCUT2D eigenvalue weighted by Crippen LogP contribution is 2.20. The molecule has 1 unspecified atom stereocenters. The Morgan fingerprint density at radius 1 is 1.56 bits per heavy atom. The Bertz CT molecular complexity index is 394. The average Bonchev–Trinajstić information content (AvgIpc) is 2.23. The fourth-order valence-electron chi connectivity index (χ4n) is 1.64. The average molecular weight is 226 g/mol. The molecule has 0 saturated heterocycles. The molecule has 4 heteroatoms.